The van der Waals surface area contributed by atoms with Crippen molar-refractivity contribution in [2.24, 2.45) is 21.5 Å². The van der Waals surface area contributed by atoms with Crippen molar-refractivity contribution in [3.05, 3.63) is 29.8 Å². The number of hydrogen-bond acceptors (Lipinski definition) is 6. The highest BCUT2D eigenvalue weighted by molar-refractivity contribution is 6.05. The highest BCUT2D eigenvalue weighted by Crippen LogP contribution is 2.39. The number of nitrogens with zero attached hydrogens (tertiary/aromatic N) is 4. The number of rotatable bonds is 4. The SMILES string of the molecule is CN(C)CCc1ccc(N2C(N)=NC(N)=NC23CCCCC3)cc1. The van der Waals surface area contributed by atoms with Crippen LogP contribution in [-0.4, -0.2) is 43.1 Å². The molecule has 0 amide bonds. The van der Waals surface area contributed by atoms with Gasteiger partial charge in [-0.25, -0.2) is 4.99 Å². The molecule has 1 heterocycles. The monoisotopic (exact) mass is 328 g/mol. The molecular weight excluding hydrogens is 300 g/mol. The number of likely N-dealkylation sites (N-methyl/N-ethyl adjacent to an activating group) is 1. The van der Waals surface area contributed by atoms with Crippen LogP contribution in [0.5, 0.6) is 0 Å². The highest BCUT2D eigenvalue weighted by Gasteiger charge is 2.42. The normalized spacial score (nSPS) is 20.2. The zero-order valence-corrected chi connectivity index (χ0v) is 14.7. The zero-order chi connectivity index (χ0) is 17.2. The molecule has 0 unspecified atom stereocenters. The Balaban J connectivity index is 1.87. The van der Waals surface area contributed by atoms with E-state index in [4.69, 9.17) is 16.5 Å². The summed E-state index contributed by atoms with van der Waals surface area (Å²) in [6, 6.07) is 8.59. The molecule has 2 aliphatic rings. The van der Waals surface area contributed by atoms with Crippen molar-refractivity contribution < 1.29 is 0 Å². The molecule has 1 spiro atoms. The van der Waals surface area contributed by atoms with Crippen molar-refractivity contribution in [1.29, 1.82) is 0 Å². The Kier molecular flexibility index (Phi) is 4.76. The number of aliphatic imine (C=N–C) groups is 2. The van der Waals surface area contributed by atoms with Crippen molar-refractivity contribution >= 4 is 17.6 Å². The van der Waals surface area contributed by atoms with Gasteiger partial charge >= 0.3 is 0 Å². The van der Waals surface area contributed by atoms with Crippen LogP contribution in [0.25, 0.3) is 0 Å². The number of hydrogen-bond donors (Lipinski definition) is 2. The fourth-order valence-electron chi connectivity index (χ4n) is 3.66. The Labute approximate surface area is 144 Å². The first kappa shape index (κ1) is 16.8. The van der Waals surface area contributed by atoms with E-state index >= 15 is 0 Å². The van der Waals surface area contributed by atoms with Gasteiger partial charge in [-0.1, -0.05) is 18.6 Å². The molecule has 4 N–H and O–H groups in total. The quantitative estimate of drug-likeness (QED) is 0.884. The molecule has 1 aromatic carbocycles. The fraction of sp³-hybridized carbons (Fsp3) is 0.556. The summed E-state index contributed by atoms with van der Waals surface area (Å²) in [6.07, 6.45) is 6.49. The van der Waals surface area contributed by atoms with E-state index in [2.05, 4.69) is 53.2 Å². The lowest BCUT2D eigenvalue weighted by Crippen LogP contribution is -2.58. The van der Waals surface area contributed by atoms with Crippen LogP contribution in [0.15, 0.2) is 34.3 Å². The molecule has 1 aliphatic heterocycles. The van der Waals surface area contributed by atoms with Gasteiger partial charge in [-0.05, 0) is 63.9 Å². The maximum absolute atomic E-state index is 6.25. The van der Waals surface area contributed by atoms with Crippen LogP contribution in [0.1, 0.15) is 37.7 Å². The minimum atomic E-state index is -0.362. The summed E-state index contributed by atoms with van der Waals surface area (Å²) in [7, 11) is 4.18. The summed E-state index contributed by atoms with van der Waals surface area (Å²) in [4.78, 5) is 13.2. The van der Waals surface area contributed by atoms with Crippen LogP contribution in [0.2, 0.25) is 0 Å². The third-order valence-electron chi connectivity index (χ3n) is 4.89. The Morgan fingerprint density at radius 3 is 2.38 bits per heavy atom. The van der Waals surface area contributed by atoms with E-state index in [9.17, 15) is 0 Å². The van der Waals surface area contributed by atoms with Gasteiger partial charge < -0.3 is 16.4 Å². The van der Waals surface area contributed by atoms with E-state index in [1.165, 1.54) is 12.0 Å². The highest BCUT2D eigenvalue weighted by atomic mass is 15.4. The van der Waals surface area contributed by atoms with Crippen molar-refractivity contribution in [3.63, 3.8) is 0 Å². The fourth-order valence-corrected chi connectivity index (χ4v) is 3.66. The summed E-state index contributed by atoms with van der Waals surface area (Å²) in [5.41, 5.74) is 14.2. The number of guanidine groups is 2. The minimum Gasteiger partial charge on any atom is -0.369 e. The first-order chi connectivity index (χ1) is 11.5. The van der Waals surface area contributed by atoms with Gasteiger partial charge in [-0.15, -0.1) is 0 Å². The van der Waals surface area contributed by atoms with Crippen molar-refractivity contribution in [1.82, 2.24) is 4.90 Å². The van der Waals surface area contributed by atoms with Crippen molar-refractivity contribution in [2.75, 3.05) is 25.5 Å². The summed E-state index contributed by atoms with van der Waals surface area (Å²) >= 11 is 0. The molecule has 6 nitrogen and oxygen atoms in total. The Morgan fingerprint density at radius 2 is 1.75 bits per heavy atom. The van der Waals surface area contributed by atoms with Crippen LogP contribution >= 0.6 is 0 Å². The molecule has 1 aliphatic carbocycles. The third-order valence-corrected chi connectivity index (χ3v) is 4.89. The molecule has 0 radical (unpaired) electrons. The summed E-state index contributed by atoms with van der Waals surface area (Å²) in [6.45, 7) is 1.04. The average molecular weight is 328 g/mol. The third kappa shape index (κ3) is 3.38. The van der Waals surface area contributed by atoms with Crippen LogP contribution in [0.3, 0.4) is 0 Å². The van der Waals surface area contributed by atoms with Gasteiger partial charge in [0.1, 0.15) is 5.66 Å². The maximum Gasteiger partial charge on any atom is 0.220 e. The molecule has 130 valence electrons. The molecule has 24 heavy (non-hydrogen) atoms. The largest absolute Gasteiger partial charge is 0.369 e. The van der Waals surface area contributed by atoms with Gasteiger partial charge in [0.25, 0.3) is 0 Å². The van der Waals surface area contributed by atoms with Gasteiger partial charge in [0.15, 0.2) is 0 Å². The van der Waals surface area contributed by atoms with Gasteiger partial charge in [0, 0.05) is 12.2 Å². The number of nitrogens with two attached hydrogens (primary N) is 2. The number of benzene rings is 1. The maximum atomic E-state index is 6.25. The first-order valence-electron chi connectivity index (χ1n) is 8.74. The standard InChI is InChI=1S/C18H28N6/c1-23(2)13-10-14-6-8-15(9-7-14)24-17(20)21-16(19)22-18(24)11-4-3-5-12-18/h6-9H,3-5,10-13H2,1-2H3,(H4,19,20,21,22). The Hall–Kier alpha value is -2.08. The van der Waals surface area contributed by atoms with E-state index in [0.29, 0.717) is 11.9 Å². The summed E-state index contributed by atoms with van der Waals surface area (Å²) in [5, 5.41) is 0. The predicted molar refractivity (Wildman–Crippen MR) is 100 cm³/mol. The molecular formula is C18H28N6. The average Bonchev–Trinajstić information content (AvgIpc) is 2.54. The molecule has 6 heteroatoms. The van der Waals surface area contributed by atoms with E-state index in [-0.39, 0.29) is 5.66 Å². The van der Waals surface area contributed by atoms with Crippen molar-refractivity contribution in [3.8, 4) is 0 Å². The minimum absolute atomic E-state index is 0.299. The molecule has 1 aromatic rings. The topological polar surface area (TPSA) is 83.2 Å². The smallest absolute Gasteiger partial charge is 0.220 e. The molecule has 0 bridgehead atoms. The lowest BCUT2D eigenvalue weighted by molar-refractivity contribution is 0.305. The van der Waals surface area contributed by atoms with E-state index in [0.717, 1.165) is 44.3 Å². The Bertz CT molecular complexity index is 625. The van der Waals surface area contributed by atoms with Crippen LogP contribution in [0.4, 0.5) is 5.69 Å². The number of anilines is 1. The molecule has 0 aromatic heterocycles. The lowest BCUT2D eigenvalue weighted by Gasteiger charge is -2.45. The predicted octanol–water partition coefficient (Wildman–Crippen LogP) is 1.90. The van der Waals surface area contributed by atoms with E-state index in [1.807, 2.05) is 0 Å². The molecule has 1 saturated carbocycles. The van der Waals surface area contributed by atoms with Crippen LogP contribution in [0, 0.1) is 0 Å². The van der Waals surface area contributed by atoms with Gasteiger partial charge in [0.2, 0.25) is 11.9 Å². The summed E-state index contributed by atoms with van der Waals surface area (Å²) in [5.74, 6) is 0.749. The molecule has 0 saturated heterocycles. The van der Waals surface area contributed by atoms with Gasteiger partial charge in [0.05, 0.1) is 0 Å². The lowest BCUT2D eigenvalue weighted by atomic mass is 9.87. The first-order valence-corrected chi connectivity index (χ1v) is 8.74. The Morgan fingerprint density at radius 1 is 1.08 bits per heavy atom. The second-order valence-corrected chi connectivity index (χ2v) is 7.04. The molecule has 1 fully saturated rings. The molecule has 3 rings (SSSR count). The van der Waals surface area contributed by atoms with Gasteiger partial charge in [-0.3, -0.25) is 4.90 Å². The van der Waals surface area contributed by atoms with Crippen LogP contribution < -0.4 is 16.4 Å². The summed E-state index contributed by atoms with van der Waals surface area (Å²) < 4.78 is 0. The second-order valence-electron chi connectivity index (χ2n) is 7.04. The van der Waals surface area contributed by atoms with E-state index in [1.54, 1.807) is 0 Å². The van der Waals surface area contributed by atoms with Gasteiger partial charge in [-0.2, -0.15) is 4.99 Å². The van der Waals surface area contributed by atoms with Crippen LogP contribution in [-0.2, 0) is 6.42 Å². The second kappa shape index (κ2) is 6.81. The van der Waals surface area contributed by atoms with E-state index < -0.39 is 0 Å². The zero-order valence-electron chi connectivity index (χ0n) is 14.7. The molecule has 0 atom stereocenters. The van der Waals surface area contributed by atoms with Crippen molar-refractivity contribution in [2.45, 2.75) is 44.2 Å².